The lowest BCUT2D eigenvalue weighted by molar-refractivity contribution is -0.123. The first kappa shape index (κ1) is 18.7. The fraction of sp³-hybridized carbons (Fsp3) is 0.222. The average Bonchev–Trinajstić information content (AvgIpc) is 3.17. The largest absolute Gasteiger partial charge is 0.271 e. The smallest absolute Gasteiger partial charge is 0.271 e. The Morgan fingerprint density at radius 3 is 2.62 bits per heavy atom. The molecule has 2 unspecified atom stereocenters. The van der Waals surface area contributed by atoms with Crippen LogP contribution in [0.2, 0.25) is 5.02 Å². The summed E-state index contributed by atoms with van der Waals surface area (Å²) in [6.45, 7) is 0. The van der Waals surface area contributed by atoms with Gasteiger partial charge >= 0.3 is 0 Å². The summed E-state index contributed by atoms with van der Waals surface area (Å²) < 4.78 is 0. The fourth-order valence-electron chi connectivity index (χ4n) is 2.71. The molecular formula is C18H19ClN4O2S. The van der Waals surface area contributed by atoms with E-state index in [0.29, 0.717) is 17.0 Å². The van der Waals surface area contributed by atoms with Gasteiger partial charge in [-0.05, 0) is 36.4 Å². The molecule has 0 aliphatic carbocycles. The Labute approximate surface area is 161 Å². The van der Waals surface area contributed by atoms with Gasteiger partial charge in [-0.1, -0.05) is 41.9 Å². The second-order valence-electron chi connectivity index (χ2n) is 5.83. The van der Waals surface area contributed by atoms with Crippen molar-refractivity contribution in [3.8, 4) is 0 Å². The van der Waals surface area contributed by atoms with E-state index in [-0.39, 0.29) is 11.9 Å². The lowest BCUT2D eigenvalue weighted by Crippen LogP contribution is -2.50. The summed E-state index contributed by atoms with van der Waals surface area (Å²) in [7, 11) is 0. The highest BCUT2D eigenvalue weighted by Crippen LogP contribution is 2.23. The Hall–Kier alpha value is -2.06. The summed E-state index contributed by atoms with van der Waals surface area (Å²) in [5, 5.41) is 0.333. The van der Waals surface area contributed by atoms with Crippen molar-refractivity contribution in [2.75, 3.05) is 6.26 Å². The third kappa shape index (κ3) is 4.37. The van der Waals surface area contributed by atoms with Crippen LogP contribution in [0.25, 0.3) is 0 Å². The maximum Gasteiger partial charge on any atom is 0.271 e. The van der Waals surface area contributed by atoms with Gasteiger partial charge in [0.15, 0.2) is 0 Å². The fourth-order valence-corrected chi connectivity index (χ4v) is 3.35. The minimum atomic E-state index is -0.454. The number of hydrogen-bond acceptors (Lipinski definition) is 5. The van der Waals surface area contributed by atoms with Crippen molar-refractivity contribution < 1.29 is 9.59 Å². The molecule has 4 N–H and O–H groups in total. The lowest BCUT2D eigenvalue weighted by atomic mass is 10.0. The van der Waals surface area contributed by atoms with Crippen LogP contribution in [0.1, 0.15) is 28.4 Å². The molecule has 0 radical (unpaired) electrons. The molecule has 2 aromatic carbocycles. The van der Waals surface area contributed by atoms with E-state index in [2.05, 4.69) is 21.7 Å². The van der Waals surface area contributed by atoms with Gasteiger partial charge in [0.1, 0.15) is 6.04 Å². The second-order valence-corrected chi connectivity index (χ2v) is 7.12. The summed E-state index contributed by atoms with van der Waals surface area (Å²) in [6.07, 6.45) is 2.49. The van der Waals surface area contributed by atoms with Crippen LogP contribution in [-0.2, 0) is 4.79 Å². The van der Waals surface area contributed by atoms with Crippen LogP contribution in [0.5, 0.6) is 0 Å². The van der Waals surface area contributed by atoms with Crippen molar-refractivity contribution >= 4 is 35.2 Å². The van der Waals surface area contributed by atoms with Crippen LogP contribution >= 0.6 is 23.4 Å². The number of carbonyl (C=O) groups excluding carboxylic acids is 2. The second kappa shape index (κ2) is 8.55. The SMILES string of the molecule is CSc1ccc(Cl)c(C(=O)NNC(=O)C2CC(c3ccccc3)NN2)c1. The van der Waals surface area contributed by atoms with Gasteiger partial charge in [-0.25, -0.2) is 10.9 Å². The van der Waals surface area contributed by atoms with Gasteiger partial charge in [0, 0.05) is 10.9 Å². The molecule has 0 bridgehead atoms. The zero-order chi connectivity index (χ0) is 18.5. The minimum Gasteiger partial charge on any atom is -0.271 e. The predicted octanol–water partition coefficient (Wildman–Crippen LogP) is 2.43. The van der Waals surface area contributed by atoms with E-state index in [1.165, 1.54) is 11.8 Å². The molecule has 6 nitrogen and oxygen atoms in total. The van der Waals surface area contributed by atoms with Crippen molar-refractivity contribution in [2.45, 2.75) is 23.4 Å². The average molecular weight is 391 g/mol. The van der Waals surface area contributed by atoms with Gasteiger partial charge in [-0.3, -0.25) is 20.4 Å². The van der Waals surface area contributed by atoms with Gasteiger partial charge in [0.25, 0.3) is 11.8 Å². The standard InChI is InChI=1S/C18H19ClN4O2S/c1-26-12-7-8-14(19)13(9-12)17(24)22-23-18(25)16-10-15(20-21-16)11-5-3-2-4-6-11/h2-9,15-16,20-21H,10H2,1H3,(H,22,24)(H,23,25). The first-order chi connectivity index (χ1) is 12.6. The summed E-state index contributed by atoms with van der Waals surface area (Å²) in [4.78, 5) is 25.5. The highest BCUT2D eigenvalue weighted by Gasteiger charge is 2.30. The minimum absolute atomic E-state index is 0.0374. The number of benzene rings is 2. The van der Waals surface area contributed by atoms with Gasteiger partial charge in [0.05, 0.1) is 10.6 Å². The Balaban J connectivity index is 1.55. The van der Waals surface area contributed by atoms with Crippen molar-refractivity contribution in [2.24, 2.45) is 0 Å². The molecule has 1 heterocycles. The van der Waals surface area contributed by atoms with Crippen molar-refractivity contribution in [1.29, 1.82) is 0 Å². The van der Waals surface area contributed by atoms with Crippen LogP contribution < -0.4 is 21.7 Å². The predicted molar refractivity (Wildman–Crippen MR) is 103 cm³/mol. The van der Waals surface area contributed by atoms with Crippen molar-refractivity contribution in [1.82, 2.24) is 21.7 Å². The molecule has 26 heavy (non-hydrogen) atoms. The van der Waals surface area contributed by atoms with E-state index in [1.807, 2.05) is 42.7 Å². The topological polar surface area (TPSA) is 82.3 Å². The molecule has 1 saturated heterocycles. The van der Waals surface area contributed by atoms with Gasteiger partial charge in [-0.15, -0.1) is 11.8 Å². The van der Waals surface area contributed by atoms with E-state index in [9.17, 15) is 9.59 Å². The first-order valence-corrected chi connectivity index (χ1v) is 9.68. The number of rotatable bonds is 4. The highest BCUT2D eigenvalue weighted by molar-refractivity contribution is 7.98. The molecular weight excluding hydrogens is 372 g/mol. The molecule has 2 amide bonds. The molecule has 0 saturated carbocycles. The van der Waals surface area contributed by atoms with E-state index < -0.39 is 11.9 Å². The zero-order valence-corrected chi connectivity index (χ0v) is 15.7. The molecule has 2 atom stereocenters. The first-order valence-electron chi connectivity index (χ1n) is 8.08. The molecule has 3 rings (SSSR count). The van der Waals surface area contributed by atoms with Crippen molar-refractivity contribution in [3.05, 3.63) is 64.7 Å². The molecule has 0 spiro atoms. The Morgan fingerprint density at radius 2 is 1.88 bits per heavy atom. The van der Waals surface area contributed by atoms with Crippen LogP contribution in [0.4, 0.5) is 0 Å². The number of hydrogen-bond donors (Lipinski definition) is 4. The van der Waals surface area contributed by atoms with Crippen LogP contribution in [0.3, 0.4) is 0 Å². The summed E-state index contributed by atoms with van der Waals surface area (Å²) in [5.74, 6) is -0.772. The van der Waals surface area contributed by atoms with Gasteiger partial charge < -0.3 is 0 Å². The van der Waals surface area contributed by atoms with Gasteiger partial charge in [0.2, 0.25) is 0 Å². The third-order valence-corrected chi connectivity index (χ3v) is 5.19. The lowest BCUT2D eigenvalue weighted by Gasteiger charge is -2.12. The molecule has 2 aromatic rings. The molecule has 1 fully saturated rings. The Kier molecular flexibility index (Phi) is 6.16. The molecule has 8 heteroatoms. The van der Waals surface area contributed by atoms with Crippen LogP contribution in [0.15, 0.2) is 53.4 Å². The number of halogens is 1. The Morgan fingerprint density at radius 1 is 1.12 bits per heavy atom. The quantitative estimate of drug-likeness (QED) is 0.476. The number of thioether (sulfide) groups is 1. The van der Waals surface area contributed by atoms with Crippen molar-refractivity contribution in [3.63, 3.8) is 0 Å². The number of hydrazine groups is 2. The van der Waals surface area contributed by atoms with E-state index in [0.717, 1.165) is 10.5 Å². The molecule has 136 valence electrons. The number of nitrogens with one attached hydrogen (secondary N) is 4. The normalized spacial score (nSPS) is 19.2. The Bertz CT molecular complexity index is 803. The van der Waals surface area contributed by atoms with Gasteiger partial charge in [-0.2, -0.15) is 0 Å². The van der Waals surface area contributed by atoms with E-state index in [1.54, 1.807) is 12.1 Å². The maximum atomic E-state index is 12.3. The summed E-state index contributed by atoms with van der Waals surface area (Å²) in [6, 6.07) is 14.6. The zero-order valence-electron chi connectivity index (χ0n) is 14.1. The van der Waals surface area contributed by atoms with E-state index >= 15 is 0 Å². The molecule has 1 aliphatic rings. The molecule has 1 aliphatic heterocycles. The molecule has 0 aromatic heterocycles. The third-order valence-electron chi connectivity index (χ3n) is 4.14. The number of amides is 2. The number of carbonyl (C=O) groups is 2. The maximum absolute atomic E-state index is 12.3. The van der Waals surface area contributed by atoms with Crippen LogP contribution in [0, 0.1) is 0 Å². The monoisotopic (exact) mass is 390 g/mol. The van der Waals surface area contributed by atoms with Crippen LogP contribution in [-0.4, -0.2) is 24.1 Å². The van der Waals surface area contributed by atoms with E-state index in [4.69, 9.17) is 11.6 Å². The summed E-state index contributed by atoms with van der Waals surface area (Å²) >= 11 is 7.58. The summed E-state index contributed by atoms with van der Waals surface area (Å²) in [5.41, 5.74) is 12.3. The highest BCUT2D eigenvalue weighted by atomic mass is 35.5.